The zero-order chi connectivity index (χ0) is 11.4. The van der Waals surface area contributed by atoms with Crippen LogP contribution in [0.4, 0.5) is 0 Å². The Labute approximate surface area is 99.3 Å². The van der Waals surface area contributed by atoms with E-state index < -0.39 is 5.66 Å². The lowest BCUT2D eigenvalue weighted by molar-refractivity contribution is -0.959. The quantitative estimate of drug-likeness (QED) is 0.338. The van der Waals surface area contributed by atoms with Crippen LogP contribution in [-0.4, -0.2) is 35.6 Å². The molecule has 0 saturated heterocycles. The molecule has 0 fully saturated rings. The van der Waals surface area contributed by atoms with Crippen molar-refractivity contribution in [2.75, 3.05) is 19.6 Å². The average Bonchev–Trinajstić information content (AvgIpc) is 2.19. The summed E-state index contributed by atoms with van der Waals surface area (Å²) < 4.78 is 0.609. The van der Waals surface area contributed by atoms with E-state index in [4.69, 9.17) is 5.73 Å². The van der Waals surface area contributed by atoms with Gasteiger partial charge in [0.1, 0.15) is 0 Å². The van der Waals surface area contributed by atoms with Crippen molar-refractivity contribution in [3.05, 3.63) is 12.7 Å². The van der Waals surface area contributed by atoms with Crippen molar-refractivity contribution in [1.82, 2.24) is 0 Å². The standard InChI is InChI=1S/C11H23N2O.ClH/c1-6-10(14)11(5,12)13(7-2,8-3)9-4;/h6H,1,7-9,12H2,2-5H3;1H/q+1;/p-1. The molecule has 0 rings (SSSR count). The van der Waals surface area contributed by atoms with E-state index in [-0.39, 0.29) is 18.2 Å². The highest BCUT2D eigenvalue weighted by Crippen LogP contribution is 2.21. The Morgan fingerprint density at radius 1 is 1.33 bits per heavy atom. The lowest BCUT2D eigenvalue weighted by Crippen LogP contribution is -3.00. The molecular weight excluding hydrogens is 212 g/mol. The third kappa shape index (κ3) is 2.80. The highest BCUT2D eigenvalue weighted by molar-refractivity contribution is 5.95. The molecule has 3 nitrogen and oxygen atoms in total. The van der Waals surface area contributed by atoms with Crippen LogP contribution in [-0.2, 0) is 4.79 Å². The maximum atomic E-state index is 11.7. The topological polar surface area (TPSA) is 43.1 Å². The van der Waals surface area contributed by atoms with Gasteiger partial charge in [0.25, 0.3) is 0 Å². The van der Waals surface area contributed by atoms with E-state index in [1.807, 2.05) is 0 Å². The van der Waals surface area contributed by atoms with Gasteiger partial charge in [-0.2, -0.15) is 0 Å². The molecule has 0 aliphatic heterocycles. The van der Waals surface area contributed by atoms with Crippen LogP contribution in [0.15, 0.2) is 12.7 Å². The van der Waals surface area contributed by atoms with Crippen molar-refractivity contribution in [3.8, 4) is 0 Å². The maximum absolute atomic E-state index is 11.7. The minimum absolute atomic E-state index is 0. The number of hydrogen-bond acceptors (Lipinski definition) is 2. The van der Waals surface area contributed by atoms with Crippen LogP contribution in [0.5, 0.6) is 0 Å². The third-order valence-electron chi connectivity index (χ3n) is 3.49. The fourth-order valence-corrected chi connectivity index (χ4v) is 2.10. The first kappa shape index (κ1) is 17.0. The minimum atomic E-state index is -0.847. The van der Waals surface area contributed by atoms with Crippen molar-refractivity contribution < 1.29 is 21.7 Å². The summed E-state index contributed by atoms with van der Waals surface area (Å²) in [5.74, 6) is -0.0805. The fourth-order valence-electron chi connectivity index (χ4n) is 2.10. The molecule has 0 aromatic carbocycles. The highest BCUT2D eigenvalue weighted by Gasteiger charge is 2.45. The van der Waals surface area contributed by atoms with Crippen molar-refractivity contribution in [3.63, 3.8) is 0 Å². The number of nitrogens with two attached hydrogens (primary N) is 1. The van der Waals surface area contributed by atoms with Crippen LogP contribution < -0.4 is 18.1 Å². The number of ketones is 1. The molecular formula is C11H23ClN2O. The average molecular weight is 235 g/mol. The Morgan fingerprint density at radius 3 is 1.87 bits per heavy atom. The summed E-state index contributed by atoms with van der Waals surface area (Å²) in [6.07, 6.45) is 1.33. The van der Waals surface area contributed by atoms with Crippen LogP contribution in [0, 0.1) is 0 Å². The second kappa shape index (κ2) is 6.26. The largest absolute Gasteiger partial charge is 1.00 e. The van der Waals surface area contributed by atoms with Gasteiger partial charge in [-0.25, -0.2) is 0 Å². The predicted octanol–water partition coefficient (Wildman–Crippen LogP) is -1.70. The smallest absolute Gasteiger partial charge is 0.230 e. The monoisotopic (exact) mass is 234 g/mol. The van der Waals surface area contributed by atoms with E-state index in [2.05, 4.69) is 27.4 Å². The zero-order valence-electron chi connectivity index (χ0n) is 10.2. The van der Waals surface area contributed by atoms with E-state index in [1.54, 1.807) is 6.92 Å². The van der Waals surface area contributed by atoms with Gasteiger partial charge in [-0.3, -0.25) is 10.5 Å². The molecule has 0 saturated carbocycles. The SMILES string of the molecule is C=CC(=O)C(C)(N)[N+](CC)(CC)CC.[Cl-]. The van der Waals surface area contributed by atoms with Crippen molar-refractivity contribution in [2.24, 2.45) is 5.73 Å². The van der Waals surface area contributed by atoms with E-state index in [1.165, 1.54) is 6.08 Å². The molecule has 1 atom stereocenters. The van der Waals surface area contributed by atoms with Gasteiger partial charge in [0, 0.05) is 6.92 Å². The summed E-state index contributed by atoms with van der Waals surface area (Å²) in [5.41, 5.74) is 5.29. The molecule has 0 spiro atoms. The predicted molar refractivity (Wildman–Crippen MR) is 59.7 cm³/mol. The maximum Gasteiger partial charge on any atom is 0.230 e. The van der Waals surface area contributed by atoms with Gasteiger partial charge < -0.3 is 16.9 Å². The Kier molecular flexibility index (Phi) is 7.10. The highest BCUT2D eigenvalue weighted by atomic mass is 35.5. The van der Waals surface area contributed by atoms with Gasteiger partial charge in [-0.1, -0.05) is 6.58 Å². The second-order valence-electron chi connectivity index (χ2n) is 3.81. The first-order chi connectivity index (χ1) is 6.41. The Bertz CT molecular complexity index is 214. The molecule has 90 valence electrons. The normalized spacial score (nSPS) is 15.0. The molecule has 2 N–H and O–H groups in total. The van der Waals surface area contributed by atoms with Crippen molar-refractivity contribution in [1.29, 1.82) is 0 Å². The number of likely N-dealkylation sites (N-methyl/N-ethyl adjacent to an activating group) is 1. The van der Waals surface area contributed by atoms with Gasteiger partial charge in [0.15, 0.2) is 0 Å². The molecule has 0 bridgehead atoms. The van der Waals surface area contributed by atoms with Gasteiger partial charge in [0.05, 0.1) is 19.6 Å². The van der Waals surface area contributed by atoms with Crippen molar-refractivity contribution in [2.45, 2.75) is 33.4 Å². The van der Waals surface area contributed by atoms with Crippen LogP contribution in [0.3, 0.4) is 0 Å². The van der Waals surface area contributed by atoms with Crippen LogP contribution in [0.2, 0.25) is 0 Å². The lowest BCUT2D eigenvalue weighted by Gasteiger charge is -2.46. The number of rotatable bonds is 6. The summed E-state index contributed by atoms with van der Waals surface area (Å²) >= 11 is 0. The summed E-state index contributed by atoms with van der Waals surface area (Å²) in [5, 5.41) is 0. The summed E-state index contributed by atoms with van der Waals surface area (Å²) in [7, 11) is 0. The molecule has 0 aliphatic carbocycles. The molecule has 0 amide bonds. The molecule has 0 radical (unpaired) electrons. The summed E-state index contributed by atoms with van der Waals surface area (Å²) in [6, 6.07) is 0. The first-order valence-corrected chi connectivity index (χ1v) is 5.23. The Hall–Kier alpha value is -0.380. The number of quaternary nitrogens is 1. The van der Waals surface area contributed by atoms with Crippen LogP contribution in [0.1, 0.15) is 27.7 Å². The van der Waals surface area contributed by atoms with E-state index in [0.717, 1.165) is 19.6 Å². The van der Waals surface area contributed by atoms with Crippen molar-refractivity contribution >= 4 is 5.78 Å². The molecule has 15 heavy (non-hydrogen) atoms. The van der Waals surface area contributed by atoms with Gasteiger partial charge in [-0.05, 0) is 26.8 Å². The summed E-state index contributed by atoms with van der Waals surface area (Å²) in [6.45, 7) is 14.1. The fraction of sp³-hybridized carbons (Fsp3) is 0.727. The number of nitrogens with zero attached hydrogens (tertiary/aromatic N) is 1. The van der Waals surface area contributed by atoms with E-state index in [9.17, 15) is 4.79 Å². The van der Waals surface area contributed by atoms with Gasteiger partial charge >= 0.3 is 0 Å². The lowest BCUT2D eigenvalue weighted by atomic mass is 10.0. The van der Waals surface area contributed by atoms with E-state index in [0.29, 0.717) is 4.48 Å². The first-order valence-electron chi connectivity index (χ1n) is 5.23. The van der Waals surface area contributed by atoms with Crippen LogP contribution in [0.25, 0.3) is 0 Å². The van der Waals surface area contributed by atoms with Gasteiger partial charge in [0.2, 0.25) is 11.4 Å². The third-order valence-corrected chi connectivity index (χ3v) is 3.49. The molecule has 0 aromatic heterocycles. The molecule has 0 aliphatic rings. The van der Waals surface area contributed by atoms with Crippen LogP contribution >= 0.6 is 0 Å². The summed E-state index contributed by atoms with van der Waals surface area (Å²) in [4.78, 5) is 11.7. The molecule has 1 unspecified atom stereocenters. The number of halogens is 1. The zero-order valence-corrected chi connectivity index (χ0v) is 11.0. The molecule has 0 aromatic rings. The Balaban J connectivity index is 0. The Morgan fingerprint density at radius 2 is 1.67 bits per heavy atom. The number of carbonyl (C=O) groups excluding carboxylic acids is 1. The van der Waals surface area contributed by atoms with E-state index >= 15 is 0 Å². The number of carbonyl (C=O) groups is 1. The molecule has 4 heteroatoms. The van der Waals surface area contributed by atoms with Gasteiger partial charge in [-0.15, -0.1) is 0 Å². The minimum Gasteiger partial charge on any atom is -1.00 e. The molecule has 0 heterocycles. The second-order valence-corrected chi connectivity index (χ2v) is 3.81. The number of hydrogen-bond donors (Lipinski definition) is 1.